The molecule has 0 saturated heterocycles. The number of carbonyl (C=O) groups excluding carboxylic acids is 1. The van der Waals surface area contributed by atoms with Crippen LogP contribution in [0.25, 0.3) is 0 Å². The van der Waals surface area contributed by atoms with Crippen LogP contribution in [0.15, 0.2) is 0 Å². The molecule has 0 aromatic carbocycles. The molecule has 0 bridgehead atoms. The third-order valence-electron chi connectivity index (χ3n) is 0.677. The van der Waals surface area contributed by atoms with Gasteiger partial charge in [0, 0.05) is 0 Å². The van der Waals surface area contributed by atoms with Gasteiger partial charge in [0.25, 0.3) is 0 Å². The first kappa shape index (κ1) is 6.92. The number of hydrogen-bond acceptors (Lipinski definition) is 1. The Morgan fingerprint density at radius 2 is 2.29 bits per heavy atom. The van der Waals surface area contributed by atoms with Crippen LogP contribution in [0, 0.1) is 0 Å². The Labute approximate surface area is 47.8 Å². The van der Waals surface area contributed by atoms with E-state index >= 15 is 0 Å². The van der Waals surface area contributed by atoms with Crippen LogP contribution in [0.1, 0.15) is 6.92 Å². The predicted octanol–water partition coefficient (Wildman–Crippen LogP) is -0.667. The minimum Gasteiger partial charge on any atom is -0.284 e. The molecule has 1 atom stereocenters. The van der Waals surface area contributed by atoms with E-state index in [1.165, 1.54) is 5.32 Å². The van der Waals surface area contributed by atoms with Crippen LogP contribution in [0.4, 0.5) is 0 Å². The molecule has 0 aliphatic heterocycles. The van der Waals surface area contributed by atoms with Crippen LogP contribution in [-0.4, -0.2) is 18.3 Å². The van der Waals surface area contributed by atoms with Crippen molar-refractivity contribution in [3.8, 4) is 0 Å². The smallest absolute Gasteiger partial charge is 0.284 e. The summed E-state index contributed by atoms with van der Waals surface area (Å²) in [5, 5.41) is 1.11. The summed E-state index contributed by atoms with van der Waals surface area (Å²) in [7, 11) is 1.68. The molecule has 0 radical (unpaired) electrons. The Bertz CT molecular complexity index is 72.1. The zero-order chi connectivity index (χ0) is 5.86. The summed E-state index contributed by atoms with van der Waals surface area (Å²) >= 11 is 5.35. The van der Waals surface area contributed by atoms with Crippen molar-refractivity contribution in [2.45, 2.75) is 12.3 Å². The number of rotatable bonds is 1. The lowest BCUT2D eigenvalue weighted by atomic mass is 10.4. The fourth-order valence-corrected chi connectivity index (χ4v) is 0.356. The van der Waals surface area contributed by atoms with Gasteiger partial charge in [-0.2, -0.15) is 0 Å². The standard InChI is InChI=1S/C4H8ClNO/c1-3(5)4(7)6-2/h3H,1-2H3,(H,6,7)/p+1. The van der Waals surface area contributed by atoms with Gasteiger partial charge in [-0.15, -0.1) is 11.6 Å². The SMILES string of the molecule is C[NH2+]C(=O)C(C)Cl. The van der Waals surface area contributed by atoms with Crippen molar-refractivity contribution in [2.24, 2.45) is 0 Å². The molecule has 0 saturated carbocycles. The summed E-state index contributed by atoms with van der Waals surface area (Å²) in [4.78, 5) is 10.3. The van der Waals surface area contributed by atoms with Gasteiger partial charge >= 0.3 is 5.91 Å². The minimum absolute atomic E-state index is 0.0123. The van der Waals surface area contributed by atoms with Crippen molar-refractivity contribution in [3.05, 3.63) is 0 Å². The molecule has 2 nitrogen and oxygen atoms in total. The number of amides is 1. The zero-order valence-electron chi connectivity index (χ0n) is 4.44. The Kier molecular flexibility index (Phi) is 2.96. The summed E-state index contributed by atoms with van der Waals surface area (Å²) < 4.78 is 0. The first-order chi connectivity index (χ1) is 3.18. The molecule has 0 aromatic rings. The van der Waals surface area contributed by atoms with Gasteiger partial charge in [0.2, 0.25) is 0 Å². The van der Waals surface area contributed by atoms with Gasteiger partial charge in [0.15, 0.2) is 0 Å². The van der Waals surface area contributed by atoms with Crippen molar-refractivity contribution in [2.75, 3.05) is 7.05 Å². The third-order valence-corrected chi connectivity index (χ3v) is 0.892. The van der Waals surface area contributed by atoms with Crippen molar-refractivity contribution in [1.82, 2.24) is 0 Å². The van der Waals surface area contributed by atoms with Crippen molar-refractivity contribution < 1.29 is 10.1 Å². The number of hydrogen-bond donors (Lipinski definition) is 1. The van der Waals surface area contributed by atoms with E-state index in [0.717, 1.165) is 0 Å². The van der Waals surface area contributed by atoms with Gasteiger partial charge in [-0.1, -0.05) is 0 Å². The average Bonchev–Trinajstić information content (AvgIpc) is 1.65. The van der Waals surface area contributed by atoms with Crippen molar-refractivity contribution in [1.29, 1.82) is 0 Å². The van der Waals surface area contributed by atoms with Crippen molar-refractivity contribution >= 4 is 17.5 Å². The molecular weight excluding hydrogens is 114 g/mol. The normalized spacial score (nSPS) is 13.6. The summed E-state index contributed by atoms with van der Waals surface area (Å²) in [6.07, 6.45) is 0. The molecule has 2 N–H and O–H groups in total. The van der Waals surface area contributed by atoms with E-state index in [9.17, 15) is 4.79 Å². The number of nitrogens with two attached hydrogens (primary N) is 1. The van der Waals surface area contributed by atoms with E-state index in [1.54, 1.807) is 14.0 Å². The molecule has 0 aliphatic rings. The predicted molar refractivity (Wildman–Crippen MR) is 28.2 cm³/mol. The van der Waals surface area contributed by atoms with Gasteiger partial charge in [-0.3, -0.25) is 5.32 Å². The van der Waals surface area contributed by atoms with Crippen LogP contribution < -0.4 is 5.32 Å². The molecule has 1 unspecified atom stereocenters. The van der Waals surface area contributed by atoms with E-state index in [4.69, 9.17) is 11.6 Å². The second-order valence-electron chi connectivity index (χ2n) is 1.31. The number of carbonyl (C=O) groups is 1. The molecule has 0 spiro atoms. The highest BCUT2D eigenvalue weighted by Gasteiger charge is 2.08. The Hall–Kier alpha value is -0.0800. The second kappa shape index (κ2) is 2.99. The number of alkyl halides is 1. The van der Waals surface area contributed by atoms with Gasteiger partial charge in [0.05, 0.1) is 7.05 Å². The molecule has 7 heavy (non-hydrogen) atoms. The highest BCUT2D eigenvalue weighted by Crippen LogP contribution is 1.86. The summed E-state index contributed by atoms with van der Waals surface area (Å²) in [6.45, 7) is 1.66. The molecule has 0 aromatic heterocycles. The topological polar surface area (TPSA) is 33.7 Å². The molecule has 0 heterocycles. The number of quaternary nitrogens is 1. The summed E-state index contributed by atoms with van der Waals surface area (Å²) in [5.41, 5.74) is 0. The maximum atomic E-state index is 10.3. The molecule has 0 fully saturated rings. The number of halogens is 1. The summed E-state index contributed by atoms with van der Waals surface area (Å²) in [6, 6.07) is 0. The summed E-state index contributed by atoms with van der Waals surface area (Å²) in [5.74, 6) is -0.0123. The van der Waals surface area contributed by atoms with E-state index in [2.05, 4.69) is 0 Å². The largest absolute Gasteiger partial charge is 0.327 e. The molecule has 3 heteroatoms. The minimum atomic E-state index is -0.356. The van der Waals surface area contributed by atoms with Crippen LogP contribution in [-0.2, 0) is 4.79 Å². The monoisotopic (exact) mass is 122 g/mol. The lowest BCUT2D eigenvalue weighted by Gasteiger charge is -1.91. The molecule has 0 rings (SSSR count). The highest BCUT2D eigenvalue weighted by atomic mass is 35.5. The van der Waals surface area contributed by atoms with Gasteiger partial charge in [-0.05, 0) is 6.92 Å². The Morgan fingerprint density at radius 1 is 1.86 bits per heavy atom. The Morgan fingerprint density at radius 3 is 2.29 bits per heavy atom. The van der Waals surface area contributed by atoms with Crippen molar-refractivity contribution in [3.63, 3.8) is 0 Å². The number of primary amides is 1. The third kappa shape index (κ3) is 2.60. The fraction of sp³-hybridized carbons (Fsp3) is 0.750. The Balaban J connectivity index is 3.35. The molecule has 0 aliphatic carbocycles. The first-order valence-electron chi connectivity index (χ1n) is 2.15. The first-order valence-corrected chi connectivity index (χ1v) is 2.59. The lowest BCUT2D eigenvalue weighted by molar-refractivity contribution is -0.538. The van der Waals surface area contributed by atoms with Gasteiger partial charge in [0.1, 0.15) is 5.38 Å². The average molecular weight is 123 g/mol. The molecular formula is C4H9ClNO+. The van der Waals surface area contributed by atoms with Crippen LogP contribution in [0.5, 0.6) is 0 Å². The van der Waals surface area contributed by atoms with Crippen LogP contribution in [0.3, 0.4) is 0 Å². The van der Waals surface area contributed by atoms with Gasteiger partial charge in [-0.25, -0.2) is 4.79 Å². The van der Waals surface area contributed by atoms with Gasteiger partial charge < -0.3 is 0 Å². The second-order valence-corrected chi connectivity index (χ2v) is 1.96. The van der Waals surface area contributed by atoms with E-state index in [0.29, 0.717) is 0 Å². The van der Waals surface area contributed by atoms with Crippen LogP contribution in [0.2, 0.25) is 0 Å². The maximum Gasteiger partial charge on any atom is 0.327 e. The molecule has 1 amide bonds. The fourth-order valence-electron chi connectivity index (χ4n) is 0.230. The maximum absolute atomic E-state index is 10.3. The molecule has 42 valence electrons. The van der Waals surface area contributed by atoms with E-state index in [-0.39, 0.29) is 11.3 Å². The van der Waals surface area contributed by atoms with E-state index < -0.39 is 0 Å². The van der Waals surface area contributed by atoms with Crippen LogP contribution >= 0.6 is 11.6 Å². The quantitative estimate of drug-likeness (QED) is 0.460. The zero-order valence-corrected chi connectivity index (χ0v) is 5.20. The van der Waals surface area contributed by atoms with E-state index in [1.807, 2.05) is 0 Å². The lowest BCUT2D eigenvalue weighted by Crippen LogP contribution is -2.85. The highest BCUT2D eigenvalue weighted by molar-refractivity contribution is 6.29.